The van der Waals surface area contributed by atoms with E-state index >= 15 is 0 Å². The van der Waals surface area contributed by atoms with Crippen molar-refractivity contribution < 1.29 is 39.5 Å². The van der Waals surface area contributed by atoms with Gasteiger partial charge in [-0.25, -0.2) is 0 Å². The predicted octanol–water partition coefficient (Wildman–Crippen LogP) is -1.53. The first-order chi connectivity index (χ1) is 4.74. The van der Waals surface area contributed by atoms with Crippen molar-refractivity contribution in [2.45, 2.75) is 0 Å². The summed E-state index contributed by atoms with van der Waals surface area (Å²) < 4.78 is 6.05. The van der Waals surface area contributed by atoms with Crippen LogP contribution in [0.5, 0.6) is 5.75 Å². The third kappa shape index (κ3) is 2.83. The summed E-state index contributed by atoms with van der Waals surface area (Å²) in [4.78, 5) is 0. The van der Waals surface area contributed by atoms with Gasteiger partial charge in [0.2, 0.25) is 0 Å². The molecule has 0 saturated carbocycles. The molecule has 1 N–H and O–H groups in total. The van der Waals surface area contributed by atoms with Crippen LogP contribution in [-0.4, -0.2) is 17.0 Å². The quantitative estimate of drug-likeness (QED) is 0.323. The first kappa shape index (κ1) is 11.0. The van der Waals surface area contributed by atoms with E-state index in [1.165, 1.54) is 6.20 Å². The van der Waals surface area contributed by atoms with Gasteiger partial charge >= 0.3 is 29.6 Å². The zero-order valence-electron chi connectivity index (χ0n) is 6.44. The molecular formula is C6H7NNaO2S+. The van der Waals surface area contributed by atoms with Crippen LogP contribution in [0.15, 0.2) is 18.3 Å². The van der Waals surface area contributed by atoms with Crippen molar-refractivity contribution in [3.63, 3.8) is 0 Å². The molecule has 1 aromatic heterocycles. The Labute approximate surface area is 91.9 Å². The second-order valence-electron chi connectivity index (χ2n) is 1.75. The van der Waals surface area contributed by atoms with Crippen molar-refractivity contribution >= 4 is 12.2 Å². The molecule has 54 valence electrons. The molecule has 0 amide bonds. The fourth-order valence-electron chi connectivity index (χ4n) is 0.580. The van der Waals surface area contributed by atoms with Crippen LogP contribution in [0, 0.1) is 4.64 Å². The smallest absolute Gasteiger partial charge is 0.497 e. The van der Waals surface area contributed by atoms with E-state index in [0.29, 0.717) is 10.4 Å². The largest absolute Gasteiger partial charge is 1.00 e. The molecule has 1 heterocycles. The second-order valence-corrected chi connectivity index (χ2v) is 2.17. The monoisotopic (exact) mass is 180 g/mol. The first-order valence-corrected chi connectivity index (χ1v) is 3.11. The molecule has 0 fully saturated rings. The predicted molar refractivity (Wildman–Crippen MR) is 39.0 cm³/mol. The van der Waals surface area contributed by atoms with Gasteiger partial charge in [0, 0.05) is 12.3 Å². The molecule has 0 saturated heterocycles. The van der Waals surface area contributed by atoms with Crippen molar-refractivity contribution in [1.29, 1.82) is 0 Å². The second kappa shape index (κ2) is 4.77. The van der Waals surface area contributed by atoms with Gasteiger partial charge in [0.1, 0.15) is 10.4 Å². The van der Waals surface area contributed by atoms with Crippen LogP contribution in [0.1, 0.15) is 0 Å². The van der Waals surface area contributed by atoms with Gasteiger partial charge in [0.15, 0.2) is 0 Å². The summed E-state index contributed by atoms with van der Waals surface area (Å²) in [5, 5.41) is 8.90. The van der Waals surface area contributed by atoms with Crippen LogP contribution in [0.25, 0.3) is 0 Å². The molecular weight excluding hydrogens is 173 g/mol. The number of nitrogens with zero attached hydrogens (tertiary/aromatic N) is 1. The van der Waals surface area contributed by atoms with E-state index < -0.39 is 0 Å². The number of aromatic nitrogens is 1. The van der Waals surface area contributed by atoms with Gasteiger partial charge < -0.3 is 9.94 Å². The number of methoxy groups -OCH3 is 1. The maximum atomic E-state index is 8.90. The van der Waals surface area contributed by atoms with Crippen molar-refractivity contribution in [3.05, 3.63) is 23.0 Å². The number of ether oxygens (including phenoxy) is 1. The van der Waals surface area contributed by atoms with Gasteiger partial charge in [-0.2, -0.15) is 4.73 Å². The van der Waals surface area contributed by atoms with Gasteiger partial charge in [0.25, 0.3) is 0 Å². The van der Waals surface area contributed by atoms with Crippen molar-refractivity contribution in [2.24, 2.45) is 0 Å². The van der Waals surface area contributed by atoms with Crippen molar-refractivity contribution in [2.75, 3.05) is 7.11 Å². The number of hydrogen-bond acceptors (Lipinski definition) is 3. The fourth-order valence-corrected chi connectivity index (χ4v) is 0.757. The summed E-state index contributed by atoms with van der Waals surface area (Å²) in [6.45, 7) is 0. The van der Waals surface area contributed by atoms with Crippen LogP contribution < -0.4 is 34.3 Å². The van der Waals surface area contributed by atoms with Gasteiger partial charge in [-0.3, -0.25) is 0 Å². The third-order valence-electron chi connectivity index (χ3n) is 1.11. The maximum Gasteiger partial charge on any atom is 1.00 e. The summed E-state index contributed by atoms with van der Waals surface area (Å²) in [6, 6.07) is 3.19. The van der Waals surface area contributed by atoms with Gasteiger partial charge in [-0.15, -0.1) is 0 Å². The number of hydrogen-bond donors (Lipinski definition) is 1. The van der Waals surface area contributed by atoms with E-state index in [0.717, 1.165) is 4.73 Å². The Morgan fingerprint density at radius 2 is 2.27 bits per heavy atom. The molecule has 1 aromatic rings. The SMILES string of the molecule is COc1ccn(O)c(=S)c1.[Na+]. The molecule has 0 aliphatic rings. The molecule has 0 spiro atoms. The molecule has 0 atom stereocenters. The minimum absolute atomic E-state index is 0. The van der Waals surface area contributed by atoms with Gasteiger partial charge in [-0.05, 0) is 6.07 Å². The third-order valence-corrected chi connectivity index (χ3v) is 1.41. The molecule has 0 aliphatic heterocycles. The van der Waals surface area contributed by atoms with E-state index in [4.69, 9.17) is 22.2 Å². The minimum Gasteiger partial charge on any atom is -0.497 e. The van der Waals surface area contributed by atoms with Crippen LogP contribution >= 0.6 is 12.2 Å². The minimum atomic E-state index is 0. The molecule has 0 radical (unpaired) electrons. The van der Waals surface area contributed by atoms with E-state index in [9.17, 15) is 0 Å². The van der Waals surface area contributed by atoms with Crippen molar-refractivity contribution in [3.8, 4) is 5.75 Å². The summed E-state index contributed by atoms with van der Waals surface area (Å²) in [5.74, 6) is 0.648. The molecule has 3 nitrogen and oxygen atoms in total. The van der Waals surface area contributed by atoms with Crippen LogP contribution in [0.4, 0.5) is 0 Å². The van der Waals surface area contributed by atoms with Gasteiger partial charge in [-0.1, -0.05) is 12.2 Å². The maximum absolute atomic E-state index is 8.90. The molecule has 1 rings (SSSR count). The van der Waals surface area contributed by atoms with E-state index in [1.807, 2.05) is 0 Å². The van der Waals surface area contributed by atoms with Crippen LogP contribution in [0.2, 0.25) is 0 Å². The molecule has 0 bridgehead atoms. The molecule has 0 aromatic carbocycles. The number of pyridine rings is 1. The summed E-state index contributed by atoms with van der Waals surface area (Å²) in [6.07, 6.45) is 1.43. The Kier molecular flexibility index (Phi) is 4.76. The molecule has 11 heavy (non-hydrogen) atoms. The van der Waals surface area contributed by atoms with Crippen LogP contribution in [-0.2, 0) is 0 Å². The zero-order chi connectivity index (χ0) is 7.56. The number of rotatable bonds is 1. The summed E-state index contributed by atoms with van der Waals surface area (Å²) >= 11 is 4.74. The van der Waals surface area contributed by atoms with Crippen LogP contribution in [0.3, 0.4) is 0 Å². The summed E-state index contributed by atoms with van der Waals surface area (Å²) in [5.41, 5.74) is 0. The van der Waals surface area contributed by atoms with E-state index in [2.05, 4.69) is 0 Å². The Hall–Kier alpha value is -0.0300. The Bertz CT molecular complexity index is 286. The summed E-state index contributed by atoms with van der Waals surface area (Å²) in [7, 11) is 1.55. The van der Waals surface area contributed by atoms with E-state index in [-0.39, 0.29) is 29.6 Å². The standard InChI is InChI=1S/C6H7NO2S.Na/c1-9-5-2-3-7(8)6(10)4-5;/h2-4,8H,1H3;/q;+1. The topological polar surface area (TPSA) is 34.4 Å². The normalized spacial score (nSPS) is 8.45. The molecule has 5 heteroatoms. The Morgan fingerprint density at radius 3 is 2.73 bits per heavy atom. The molecule has 0 unspecified atom stereocenters. The first-order valence-electron chi connectivity index (χ1n) is 2.70. The Morgan fingerprint density at radius 1 is 1.64 bits per heavy atom. The molecule has 0 aliphatic carbocycles. The van der Waals surface area contributed by atoms with Gasteiger partial charge in [0.05, 0.1) is 7.11 Å². The van der Waals surface area contributed by atoms with Crippen molar-refractivity contribution in [1.82, 2.24) is 4.73 Å². The average molecular weight is 180 g/mol. The van der Waals surface area contributed by atoms with E-state index in [1.54, 1.807) is 19.2 Å². The Balaban J connectivity index is 0.000001000. The zero-order valence-corrected chi connectivity index (χ0v) is 9.26. The fraction of sp³-hybridized carbons (Fsp3) is 0.167. The average Bonchev–Trinajstić information content (AvgIpc) is 1.95.